The molecule has 0 unspecified atom stereocenters. The molecule has 2 aromatic carbocycles. The van der Waals surface area contributed by atoms with Crippen LogP contribution in [0.5, 0.6) is 5.75 Å². The lowest BCUT2D eigenvalue weighted by Gasteiger charge is -2.47. The number of hydrogen-bond donors (Lipinski definition) is 2. The average molecular weight is 454 g/mol. The van der Waals surface area contributed by atoms with Crippen LogP contribution in [0.2, 0.25) is 0 Å². The predicted octanol–water partition coefficient (Wildman–Crippen LogP) is 5.31. The molecule has 174 valence electrons. The molecule has 2 N–H and O–H groups in total. The first-order chi connectivity index (χ1) is 15.2. The summed E-state index contributed by atoms with van der Waals surface area (Å²) in [6, 6.07) is 19.4. The van der Waals surface area contributed by atoms with Gasteiger partial charge in [-0.3, -0.25) is 0 Å². The highest BCUT2D eigenvalue weighted by Crippen LogP contribution is 2.28. The molecule has 3 rings (SSSR count). The summed E-state index contributed by atoms with van der Waals surface area (Å²) >= 11 is 5.96. The summed E-state index contributed by atoms with van der Waals surface area (Å²) in [4.78, 5) is 2.31. The maximum absolute atomic E-state index is 5.96. The molecular weight excluding hydrogens is 414 g/mol. The predicted molar refractivity (Wildman–Crippen MR) is 138 cm³/mol. The van der Waals surface area contributed by atoms with Crippen LogP contribution in [0.15, 0.2) is 54.6 Å². The van der Waals surface area contributed by atoms with E-state index in [1.165, 1.54) is 11.1 Å². The Morgan fingerprint density at radius 2 is 1.62 bits per heavy atom. The lowest BCUT2D eigenvalue weighted by Crippen LogP contribution is -2.62. The maximum Gasteiger partial charge on any atom is 0.169 e. The standard InChI is InChI=1S/C27H39N3OS/c1-6-31-24-14-12-22(13-15-24)20-30(17-16-21-10-8-7-9-11-21)25(32)28-23-18-26(2,3)29-27(4,5)19-23/h7-15,23,29H,6,16-20H2,1-5H3,(H,28,32). The molecular formula is C27H39N3OS. The quantitative estimate of drug-likeness (QED) is 0.530. The SMILES string of the molecule is CCOc1ccc(CN(CCc2ccccc2)C(=S)NC2CC(C)(C)NC(C)(C)C2)cc1. The van der Waals surface area contributed by atoms with E-state index in [2.05, 4.69) is 85.7 Å². The van der Waals surface area contributed by atoms with Crippen molar-refractivity contribution in [2.24, 2.45) is 0 Å². The van der Waals surface area contributed by atoms with Crippen LogP contribution in [0.1, 0.15) is 58.6 Å². The van der Waals surface area contributed by atoms with E-state index in [4.69, 9.17) is 17.0 Å². The van der Waals surface area contributed by atoms with Gasteiger partial charge in [0.25, 0.3) is 0 Å². The molecule has 2 aromatic rings. The Balaban J connectivity index is 1.70. The van der Waals surface area contributed by atoms with Crippen LogP contribution in [0, 0.1) is 0 Å². The molecule has 1 aliphatic heterocycles. The Morgan fingerprint density at radius 3 is 2.22 bits per heavy atom. The van der Waals surface area contributed by atoms with Gasteiger partial charge < -0.3 is 20.3 Å². The summed E-state index contributed by atoms with van der Waals surface area (Å²) in [6.45, 7) is 13.4. The van der Waals surface area contributed by atoms with Gasteiger partial charge in [0.2, 0.25) is 0 Å². The number of rotatable bonds is 8. The van der Waals surface area contributed by atoms with Crippen molar-refractivity contribution in [2.75, 3.05) is 13.2 Å². The molecule has 4 nitrogen and oxygen atoms in total. The highest BCUT2D eigenvalue weighted by molar-refractivity contribution is 7.80. The van der Waals surface area contributed by atoms with E-state index in [1.807, 2.05) is 19.1 Å². The van der Waals surface area contributed by atoms with Crippen molar-refractivity contribution >= 4 is 17.3 Å². The molecule has 1 saturated heterocycles. The molecule has 0 amide bonds. The minimum atomic E-state index is 0.0823. The van der Waals surface area contributed by atoms with Gasteiger partial charge in [-0.2, -0.15) is 0 Å². The summed E-state index contributed by atoms with van der Waals surface area (Å²) in [5, 5.41) is 8.31. The van der Waals surface area contributed by atoms with Crippen LogP contribution in [-0.2, 0) is 13.0 Å². The Morgan fingerprint density at radius 1 is 1.00 bits per heavy atom. The van der Waals surface area contributed by atoms with Crippen molar-refractivity contribution in [3.05, 3.63) is 65.7 Å². The van der Waals surface area contributed by atoms with Gasteiger partial charge in [-0.15, -0.1) is 0 Å². The van der Waals surface area contributed by atoms with Crippen LogP contribution in [0.25, 0.3) is 0 Å². The molecule has 0 atom stereocenters. The molecule has 0 aromatic heterocycles. The van der Waals surface area contributed by atoms with Gasteiger partial charge in [0, 0.05) is 30.2 Å². The van der Waals surface area contributed by atoms with Crippen molar-refractivity contribution in [1.29, 1.82) is 0 Å². The van der Waals surface area contributed by atoms with Gasteiger partial charge in [0.05, 0.1) is 6.61 Å². The van der Waals surface area contributed by atoms with Gasteiger partial charge in [-0.05, 0) is 89.4 Å². The largest absolute Gasteiger partial charge is 0.494 e. The number of thiocarbonyl (C=S) groups is 1. The molecule has 0 spiro atoms. The Labute approximate surface area is 199 Å². The van der Waals surface area contributed by atoms with Crippen LogP contribution in [0.4, 0.5) is 0 Å². The van der Waals surface area contributed by atoms with Crippen LogP contribution in [-0.4, -0.2) is 40.3 Å². The van der Waals surface area contributed by atoms with E-state index in [0.717, 1.165) is 43.2 Å². The minimum absolute atomic E-state index is 0.0823. The lowest BCUT2D eigenvalue weighted by molar-refractivity contribution is 0.153. The van der Waals surface area contributed by atoms with E-state index < -0.39 is 0 Å². The number of nitrogens with zero attached hydrogens (tertiary/aromatic N) is 1. The smallest absolute Gasteiger partial charge is 0.169 e. The fraction of sp³-hybridized carbons (Fsp3) is 0.519. The topological polar surface area (TPSA) is 36.5 Å². The number of ether oxygens (including phenoxy) is 1. The van der Waals surface area contributed by atoms with Crippen molar-refractivity contribution in [1.82, 2.24) is 15.5 Å². The number of benzene rings is 2. The third kappa shape index (κ3) is 7.49. The van der Waals surface area contributed by atoms with E-state index in [9.17, 15) is 0 Å². The van der Waals surface area contributed by atoms with E-state index in [-0.39, 0.29) is 11.1 Å². The minimum Gasteiger partial charge on any atom is -0.494 e. The fourth-order valence-electron chi connectivity index (χ4n) is 4.93. The molecule has 0 saturated carbocycles. The van der Waals surface area contributed by atoms with Crippen molar-refractivity contribution in [3.8, 4) is 5.75 Å². The van der Waals surface area contributed by atoms with Gasteiger partial charge in [0.1, 0.15) is 5.75 Å². The summed E-state index contributed by atoms with van der Waals surface area (Å²) < 4.78 is 5.60. The molecule has 1 heterocycles. The van der Waals surface area contributed by atoms with E-state index >= 15 is 0 Å². The molecule has 1 aliphatic rings. The zero-order valence-electron chi connectivity index (χ0n) is 20.3. The Kier molecular flexibility index (Phi) is 8.18. The van der Waals surface area contributed by atoms with Crippen LogP contribution >= 0.6 is 12.2 Å². The first-order valence-electron chi connectivity index (χ1n) is 11.8. The van der Waals surface area contributed by atoms with Gasteiger partial charge in [0.15, 0.2) is 5.11 Å². The average Bonchev–Trinajstić information content (AvgIpc) is 2.71. The van der Waals surface area contributed by atoms with Gasteiger partial charge in [-0.25, -0.2) is 0 Å². The third-order valence-electron chi connectivity index (χ3n) is 5.93. The fourth-order valence-corrected chi connectivity index (χ4v) is 5.25. The van der Waals surface area contributed by atoms with Crippen LogP contribution < -0.4 is 15.4 Å². The van der Waals surface area contributed by atoms with Gasteiger partial charge in [-0.1, -0.05) is 42.5 Å². The first kappa shape index (κ1) is 24.5. The Hall–Kier alpha value is -2.11. The van der Waals surface area contributed by atoms with Crippen molar-refractivity contribution < 1.29 is 4.74 Å². The summed E-state index contributed by atoms with van der Waals surface area (Å²) in [5.74, 6) is 0.909. The second kappa shape index (κ2) is 10.7. The molecule has 5 heteroatoms. The zero-order valence-corrected chi connectivity index (χ0v) is 21.1. The molecule has 0 radical (unpaired) electrons. The molecule has 0 aliphatic carbocycles. The molecule has 1 fully saturated rings. The normalized spacial score (nSPS) is 17.5. The summed E-state index contributed by atoms with van der Waals surface area (Å²) in [5.41, 5.74) is 2.73. The second-order valence-corrected chi connectivity index (χ2v) is 10.6. The monoisotopic (exact) mass is 453 g/mol. The van der Waals surface area contributed by atoms with E-state index in [1.54, 1.807) is 0 Å². The Bertz CT molecular complexity index is 848. The molecule has 0 bridgehead atoms. The second-order valence-electron chi connectivity index (χ2n) is 10.2. The van der Waals surface area contributed by atoms with E-state index in [0.29, 0.717) is 12.6 Å². The highest BCUT2D eigenvalue weighted by Gasteiger charge is 2.38. The number of nitrogens with one attached hydrogen (secondary N) is 2. The van der Waals surface area contributed by atoms with Crippen molar-refractivity contribution in [2.45, 2.75) is 77.5 Å². The highest BCUT2D eigenvalue weighted by atomic mass is 32.1. The molecule has 32 heavy (non-hydrogen) atoms. The maximum atomic E-state index is 5.96. The third-order valence-corrected chi connectivity index (χ3v) is 6.30. The summed E-state index contributed by atoms with van der Waals surface area (Å²) in [6.07, 6.45) is 3.06. The summed E-state index contributed by atoms with van der Waals surface area (Å²) in [7, 11) is 0. The van der Waals surface area contributed by atoms with Crippen molar-refractivity contribution in [3.63, 3.8) is 0 Å². The zero-order chi connectivity index (χ0) is 23.2. The van der Waals surface area contributed by atoms with Crippen LogP contribution in [0.3, 0.4) is 0 Å². The van der Waals surface area contributed by atoms with Gasteiger partial charge >= 0.3 is 0 Å². The lowest BCUT2D eigenvalue weighted by atomic mass is 9.80. The number of piperidine rings is 1. The first-order valence-corrected chi connectivity index (χ1v) is 12.2. The number of hydrogen-bond acceptors (Lipinski definition) is 3.